The SMILES string of the molecule is CN(O)C(=O)c1ccccc1C(=O)O. The quantitative estimate of drug-likeness (QED) is 0.541. The molecular weight excluding hydrogens is 186 g/mol. The number of nitrogens with zero attached hydrogens (tertiary/aromatic N) is 1. The average Bonchev–Trinajstić information content (AvgIpc) is 2.16. The maximum absolute atomic E-state index is 11.3. The molecule has 5 heteroatoms. The third-order valence-corrected chi connectivity index (χ3v) is 1.68. The van der Waals surface area contributed by atoms with Gasteiger partial charge in [-0.2, -0.15) is 0 Å². The molecule has 0 radical (unpaired) electrons. The maximum atomic E-state index is 11.3. The lowest BCUT2D eigenvalue weighted by Crippen LogP contribution is -2.24. The minimum Gasteiger partial charge on any atom is -0.478 e. The van der Waals surface area contributed by atoms with Crippen molar-refractivity contribution in [1.82, 2.24) is 5.06 Å². The highest BCUT2D eigenvalue weighted by Gasteiger charge is 2.17. The molecule has 0 aliphatic carbocycles. The van der Waals surface area contributed by atoms with Crippen LogP contribution < -0.4 is 0 Å². The van der Waals surface area contributed by atoms with Gasteiger partial charge < -0.3 is 5.11 Å². The summed E-state index contributed by atoms with van der Waals surface area (Å²) in [6.07, 6.45) is 0. The summed E-state index contributed by atoms with van der Waals surface area (Å²) in [6, 6.07) is 5.69. The minimum atomic E-state index is -1.20. The lowest BCUT2D eigenvalue weighted by atomic mass is 10.1. The highest BCUT2D eigenvalue weighted by molar-refractivity contribution is 6.04. The van der Waals surface area contributed by atoms with E-state index < -0.39 is 11.9 Å². The van der Waals surface area contributed by atoms with E-state index in [0.717, 1.165) is 7.05 Å². The zero-order valence-corrected chi connectivity index (χ0v) is 7.47. The Morgan fingerprint density at radius 2 is 1.71 bits per heavy atom. The van der Waals surface area contributed by atoms with Crippen molar-refractivity contribution in [2.45, 2.75) is 0 Å². The molecule has 0 aliphatic heterocycles. The molecule has 0 unspecified atom stereocenters. The van der Waals surface area contributed by atoms with E-state index in [4.69, 9.17) is 10.3 Å². The van der Waals surface area contributed by atoms with Gasteiger partial charge in [-0.25, -0.2) is 9.86 Å². The molecule has 1 rings (SSSR count). The molecule has 0 saturated heterocycles. The fourth-order valence-electron chi connectivity index (χ4n) is 1.03. The monoisotopic (exact) mass is 195 g/mol. The van der Waals surface area contributed by atoms with Gasteiger partial charge in [0, 0.05) is 7.05 Å². The van der Waals surface area contributed by atoms with Crippen LogP contribution in [-0.4, -0.2) is 34.3 Å². The van der Waals surface area contributed by atoms with E-state index in [1.807, 2.05) is 0 Å². The number of carbonyl (C=O) groups excluding carboxylic acids is 1. The molecule has 74 valence electrons. The lowest BCUT2D eigenvalue weighted by Gasteiger charge is -2.09. The van der Waals surface area contributed by atoms with Crippen LogP contribution in [-0.2, 0) is 0 Å². The Bertz CT molecular complexity index is 373. The van der Waals surface area contributed by atoms with E-state index in [2.05, 4.69) is 0 Å². The third kappa shape index (κ3) is 1.89. The molecule has 1 aromatic rings. The van der Waals surface area contributed by atoms with Crippen LogP contribution in [0, 0.1) is 0 Å². The second kappa shape index (κ2) is 3.89. The molecule has 0 fully saturated rings. The van der Waals surface area contributed by atoms with Crippen molar-refractivity contribution < 1.29 is 19.9 Å². The number of carbonyl (C=O) groups is 2. The molecule has 0 saturated carbocycles. The Balaban J connectivity index is 3.20. The highest BCUT2D eigenvalue weighted by Crippen LogP contribution is 2.10. The highest BCUT2D eigenvalue weighted by atomic mass is 16.5. The average molecular weight is 195 g/mol. The zero-order valence-electron chi connectivity index (χ0n) is 7.47. The first-order valence-corrected chi connectivity index (χ1v) is 3.83. The molecule has 14 heavy (non-hydrogen) atoms. The largest absolute Gasteiger partial charge is 0.478 e. The molecule has 1 amide bonds. The molecule has 0 aliphatic rings. The second-order valence-corrected chi connectivity index (χ2v) is 2.68. The fourth-order valence-corrected chi connectivity index (χ4v) is 1.03. The van der Waals surface area contributed by atoms with Gasteiger partial charge in [-0.3, -0.25) is 10.0 Å². The summed E-state index contributed by atoms with van der Waals surface area (Å²) in [5.74, 6) is -1.95. The standard InChI is InChI=1S/C9H9NO4/c1-10(14)8(11)6-4-2-3-5-7(6)9(12)13/h2-5,14H,1H3,(H,12,13). The van der Waals surface area contributed by atoms with Gasteiger partial charge in [0.1, 0.15) is 0 Å². The number of hydrogen-bond acceptors (Lipinski definition) is 3. The third-order valence-electron chi connectivity index (χ3n) is 1.68. The summed E-state index contributed by atoms with van der Waals surface area (Å²) in [7, 11) is 1.14. The molecular formula is C9H9NO4. The van der Waals surface area contributed by atoms with Crippen LogP contribution in [0.4, 0.5) is 0 Å². The molecule has 1 aromatic carbocycles. The van der Waals surface area contributed by atoms with Gasteiger partial charge in [0.05, 0.1) is 11.1 Å². The first kappa shape index (κ1) is 10.2. The van der Waals surface area contributed by atoms with E-state index in [0.29, 0.717) is 5.06 Å². The van der Waals surface area contributed by atoms with E-state index in [-0.39, 0.29) is 11.1 Å². The molecule has 0 aromatic heterocycles. The summed E-state index contributed by atoms with van der Waals surface area (Å²) in [5, 5.41) is 18.0. The van der Waals surface area contributed by atoms with Crippen LogP contribution in [0.3, 0.4) is 0 Å². The number of amides is 1. The Labute approximate surface area is 80.2 Å². The number of rotatable bonds is 2. The van der Waals surface area contributed by atoms with Crippen molar-refractivity contribution in [3.8, 4) is 0 Å². The lowest BCUT2D eigenvalue weighted by molar-refractivity contribution is -0.0375. The van der Waals surface area contributed by atoms with Gasteiger partial charge in [-0.1, -0.05) is 12.1 Å². The van der Waals surface area contributed by atoms with Crippen molar-refractivity contribution in [2.24, 2.45) is 0 Å². The Morgan fingerprint density at radius 1 is 1.21 bits per heavy atom. The second-order valence-electron chi connectivity index (χ2n) is 2.68. The topological polar surface area (TPSA) is 77.8 Å². The van der Waals surface area contributed by atoms with Crippen molar-refractivity contribution in [1.29, 1.82) is 0 Å². The number of hydrogen-bond donors (Lipinski definition) is 2. The van der Waals surface area contributed by atoms with Gasteiger partial charge in [0.15, 0.2) is 0 Å². The summed E-state index contributed by atoms with van der Waals surface area (Å²) in [4.78, 5) is 22.0. The van der Waals surface area contributed by atoms with E-state index in [1.54, 1.807) is 0 Å². The van der Waals surface area contributed by atoms with Crippen molar-refractivity contribution >= 4 is 11.9 Å². The molecule has 0 atom stereocenters. The number of carboxylic acids is 1. The predicted octanol–water partition coefficient (Wildman–Crippen LogP) is 0.846. The van der Waals surface area contributed by atoms with Gasteiger partial charge >= 0.3 is 5.97 Å². The van der Waals surface area contributed by atoms with E-state index in [9.17, 15) is 9.59 Å². The van der Waals surface area contributed by atoms with Gasteiger partial charge in [0.2, 0.25) is 0 Å². The van der Waals surface area contributed by atoms with Gasteiger partial charge in [-0.05, 0) is 12.1 Å². The minimum absolute atomic E-state index is 0.0370. The summed E-state index contributed by atoms with van der Waals surface area (Å²) in [5.41, 5.74) is -0.164. The van der Waals surface area contributed by atoms with Crippen LogP contribution in [0.2, 0.25) is 0 Å². The zero-order chi connectivity index (χ0) is 10.7. The molecule has 5 nitrogen and oxygen atoms in total. The van der Waals surface area contributed by atoms with Crippen LogP contribution >= 0.6 is 0 Å². The van der Waals surface area contributed by atoms with Gasteiger partial charge in [-0.15, -0.1) is 0 Å². The van der Waals surface area contributed by atoms with E-state index >= 15 is 0 Å². The number of benzene rings is 1. The number of carboxylic acid groups (broad SMARTS) is 1. The number of aromatic carboxylic acids is 1. The van der Waals surface area contributed by atoms with Crippen molar-refractivity contribution in [2.75, 3.05) is 7.05 Å². The van der Waals surface area contributed by atoms with Crippen molar-refractivity contribution in [3.63, 3.8) is 0 Å². The molecule has 0 heterocycles. The molecule has 0 spiro atoms. The predicted molar refractivity (Wildman–Crippen MR) is 47.3 cm³/mol. The summed E-state index contributed by atoms with van der Waals surface area (Å²) >= 11 is 0. The van der Waals surface area contributed by atoms with E-state index in [1.165, 1.54) is 24.3 Å². The first-order valence-electron chi connectivity index (χ1n) is 3.83. The summed E-state index contributed by atoms with van der Waals surface area (Å²) < 4.78 is 0. The van der Waals surface area contributed by atoms with Crippen LogP contribution in [0.5, 0.6) is 0 Å². The Hall–Kier alpha value is -1.88. The van der Waals surface area contributed by atoms with Crippen LogP contribution in [0.25, 0.3) is 0 Å². The Morgan fingerprint density at radius 3 is 2.14 bits per heavy atom. The normalized spacial score (nSPS) is 9.57. The summed E-state index contributed by atoms with van der Waals surface area (Å²) in [6.45, 7) is 0. The molecule has 0 bridgehead atoms. The smallest absolute Gasteiger partial charge is 0.336 e. The van der Waals surface area contributed by atoms with Gasteiger partial charge in [0.25, 0.3) is 5.91 Å². The molecule has 2 N–H and O–H groups in total. The van der Waals surface area contributed by atoms with Crippen LogP contribution in [0.15, 0.2) is 24.3 Å². The maximum Gasteiger partial charge on any atom is 0.336 e. The Kier molecular flexibility index (Phi) is 2.83. The fraction of sp³-hybridized carbons (Fsp3) is 0.111. The number of hydroxylamine groups is 2. The first-order chi connectivity index (χ1) is 6.54. The van der Waals surface area contributed by atoms with Crippen molar-refractivity contribution in [3.05, 3.63) is 35.4 Å². The van der Waals surface area contributed by atoms with Crippen LogP contribution in [0.1, 0.15) is 20.7 Å².